The summed E-state index contributed by atoms with van der Waals surface area (Å²) < 4.78 is 18.6. The first kappa shape index (κ1) is 22.0. The quantitative estimate of drug-likeness (QED) is 0.294. The van der Waals surface area contributed by atoms with Crippen LogP contribution in [0.5, 0.6) is 5.75 Å². The molecule has 0 aromatic heterocycles. The van der Waals surface area contributed by atoms with E-state index in [0.29, 0.717) is 31.0 Å². The molecule has 1 aliphatic rings. The van der Waals surface area contributed by atoms with Crippen molar-refractivity contribution in [2.24, 2.45) is 4.99 Å². The largest absolute Gasteiger partial charge is 0.492 e. The minimum atomic E-state index is -0.286. The van der Waals surface area contributed by atoms with Crippen molar-refractivity contribution in [2.45, 2.75) is 38.8 Å². The van der Waals surface area contributed by atoms with E-state index >= 15 is 0 Å². The van der Waals surface area contributed by atoms with Crippen LogP contribution in [0.2, 0.25) is 0 Å². The lowest BCUT2D eigenvalue weighted by Crippen LogP contribution is -2.50. The molecule has 1 aliphatic heterocycles. The molecule has 25 heavy (non-hydrogen) atoms. The maximum atomic E-state index is 13.1. The van der Waals surface area contributed by atoms with Crippen LogP contribution in [-0.2, 0) is 0 Å². The Labute approximate surface area is 167 Å². The predicted molar refractivity (Wildman–Crippen MR) is 112 cm³/mol. The highest BCUT2D eigenvalue weighted by atomic mass is 127. The number of hydrogen-bond donors (Lipinski definition) is 2. The molecule has 1 aromatic carbocycles. The van der Waals surface area contributed by atoms with Crippen LogP contribution in [0, 0.1) is 5.82 Å². The van der Waals surface area contributed by atoms with Gasteiger partial charge in [-0.1, -0.05) is 6.07 Å². The van der Waals surface area contributed by atoms with Gasteiger partial charge in [0.05, 0.1) is 6.54 Å². The fourth-order valence-electron chi connectivity index (χ4n) is 2.84. The van der Waals surface area contributed by atoms with E-state index in [0.717, 1.165) is 31.9 Å². The number of ether oxygens (including phenoxy) is 1. The van der Waals surface area contributed by atoms with Crippen molar-refractivity contribution in [1.29, 1.82) is 0 Å². The normalized spacial score (nSPS) is 16.4. The van der Waals surface area contributed by atoms with Crippen LogP contribution in [0.1, 0.15) is 26.7 Å². The van der Waals surface area contributed by atoms with Gasteiger partial charge in [-0.3, -0.25) is 4.99 Å². The van der Waals surface area contributed by atoms with Crippen molar-refractivity contribution in [3.63, 3.8) is 0 Å². The molecule has 0 radical (unpaired) electrons. The molecule has 7 heteroatoms. The standard InChI is InChI=1S/C18H29FN4O.HI/c1-14(2)23-10-7-16(8-11-23)22-18(20-3)21-9-12-24-17-6-4-5-15(19)13-17;/h4-6,13-14,16H,7-12H2,1-3H3,(H2,20,21,22);1H. The van der Waals surface area contributed by atoms with Gasteiger partial charge in [0.25, 0.3) is 0 Å². The fourth-order valence-corrected chi connectivity index (χ4v) is 2.84. The SMILES string of the molecule is CN=C(NCCOc1cccc(F)c1)NC1CCN(C(C)C)CC1.I. The number of guanidine groups is 1. The first-order valence-corrected chi connectivity index (χ1v) is 8.68. The van der Waals surface area contributed by atoms with Gasteiger partial charge >= 0.3 is 0 Å². The molecule has 0 spiro atoms. The van der Waals surface area contributed by atoms with Gasteiger partial charge in [0, 0.05) is 38.3 Å². The third-order valence-corrected chi connectivity index (χ3v) is 4.28. The summed E-state index contributed by atoms with van der Waals surface area (Å²) in [6.07, 6.45) is 2.25. The Balaban J connectivity index is 0.00000312. The third-order valence-electron chi connectivity index (χ3n) is 4.28. The van der Waals surface area contributed by atoms with E-state index in [4.69, 9.17) is 4.74 Å². The molecule has 1 fully saturated rings. The first-order valence-electron chi connectivity index (χ1n) is 8.68. The van der Waals surface area contributed by atoms with Gasteiger partial charge in [-0.15, -0.1) is 24.0 Å². The second-order valence-electron chi connectivity index (χ2n) is 6.35. The summed E-state index contributed by atoms with van der Waals surface area (Å²) in [4.78, 5) is 6.76. The molecule has 0 aliphatic carbocycles. The first-order chi connectivity index (χ1) is 11.6. The lowest BCUT2D eigenvalue weighted by molar-refractivity contribution is 0.167. The van der Waals surface area contributed by atoms with Gasteiger partial charge in [0.1, 0.15) is 18.2 Å². The monoisotopic (exact) mass is 464 g/mol. The molecule has 1 heterocycles. The summed E-state index contributed by atoms with van der Waals surface area (Å²) in [5.41, 5.74) is 0. The van der Waals surface area contributed by atoms with Crippen molar-refractivity contribution < 1.29 is 9.13 Å². The topological polar surface area (TPSA) is 48.9 Å². The number of halogens is 2. The van der Waals surface area contributed by atoms with Crippen LogP contribution in [0.25, 0.3) is 0 Å². The van der Waals surface area contributed by atoms with Gasteiger partial charge in [-0.05, 0) is 38.8 Å². The lowest BCUT2D eigenvalue weighted by Gasteiger charge is -2.35. The minimum Gasteiger partial charge on any atom is -0.492 e. The number of benzene rings is 1. The lowest BCUT2D eigenvalue weighted by atomic mass is 10.0. The second-order valence-corrected chi connectivity index (χ2v) is 6.35. The Morgan fingerprint density at radius 3 is 2.68 bits per heavy atom. The molecule has 0 unspecified atom stereocenters. The van der Waals surface area contributed by atoms with E-state index in [2.05, 4.69) is 34.4 Å². The van der Waals surface area contributed by atoms with Crippen LogP contribution >= 0.6 is 24.0 Å². The second kappa shape index (κ2) is 11.5. The molecule has 0 amide bonds. The zero-order chi connectivity index (χ0) is 17.4. The number of likely N-dealkylation sites (tertiary alicyclic amines) is 1. The van der Waals surface area contributed by atoms with E-state index in [-0.39, 0.29) is 29.8 Å². The molecule has 2 N–H and O–H groups in total. The van der Waals surface area contributed by atoms with Crippen molar-refractivity contribution in [1.82, 2.24) is 15.5 Å². The summed E-state index contributed by atoms with van der Waals surface area (Å²) >= 11 is 0. The highest BCUT2D eigenvalue weighted by Crippen LogP contribution is 2.13. The van der Waals surface area contributed by atoms with E-state index in [9.17, 15) is 4.39 Å². The van der Waals surface area contributed by atoms with Crippen molar-refractivity contribution >= 4 is 29.9 Å². The molecule has 1 aromatic rings. The summed E-state index contributed by atoms with van der Waals surface area (Å²) in [6, 6.07) is 7.25. The molecule has 142 valence electrons. The Hall–Kier alpha value is -1.09. The maximum absolute atomic E-state index is 13.1. The predicted octanol–water partition coefficient (Wildman–Crippen LogP) is 2.86. The number of piperidine rings is 1. The van der Waals surface area contributed by atoms with Crippen molar-refractivity contribution in [3.05, 3.63) is 30.1 Å². The van der Waals surface area contributed by atoms with Gasteiger partial charge in [-0.25, -0.2) is 4.39 Å². The molecule has 2 rings (SSSR count). The number of nitrogens with zero attached hydrogens (tertiary/aromatic N) is 2. The van der Waals surface area contributed by atoms with Crippen LogP contribution in [0.3, 0.4) is 0 Å². The van der Waals surface area contributed by atoms with Gasteiger partial charge in [0.2, 0.25) is 0 Å². The highest BCUT2D eigenvalue weighted by Gasteiger charge is 2.21. The van der Waals surface area contributed by atoms with Crippen molar-refractivity contribution in [3.8, 4) is 5.75 Å². The number of nitrogens with one attached hydrogen (secondary N) is 2. The smallest absolute Gasteiger partial charge is 0.191 e. The molecule has 0 bridgehead atoms. The zero-order valence-corrected chi connectivity index (χ0v) is 17.6. The number of aliphatic imine (C=N–C) groups is 1. The molecule has 0 saturated carbocycles. The van der Waals surface area contributed by atoms with E-state index in [1.54, 1.807) is 19.2 Å². The number of hydrogen-bond acceptors (Lipinski definition) is 3. The van der Waals surface area contributed by atoms with Crippen LogP contribution in [0.15, 0.2) is 29.3 Å². The van der Waals surface area contributed by atoms with Gasteiger partial charge in [-0.2, -0.15) is 0 Å². The Bertz CT molecular complexity index is 534. The molecule has 1 saturated heterocycles. The Morgan fingerprint density at radius 1 is 1.36 bits per heavy atom. The average Bonchev–Trinajstić information content (AvgIpc) is 2.58. The molecule has 5 nitrogen and oxygen atoms in total. The van der Waals surface area contributed by atoms with Gasteiger partial charge in [0.15, 0.2) is 5.96 Å². The maximum Gasteiger partial charge on any atom is 0.191 e. The average molecular weight is 464 g/mol. The molecular formula is C18H30FIN4O. The van der Waals surface area contributed by atoms with Crippen molar-refractivity contribution in [2.75, 3.05) is 33.3 Å². The summed E-state index contributed by atoms with van der Waals surface area (Å²) in [6.45, 7) is 7.79. The van der Waals surface area contributed by atoms with Gasteiger partial charge < -0.3 is 20.3 Å². The zero-order valence-electron chi connectivity index (χ0n) is 15.3. The molecule has 0 atom stereocenters. The highest BCUT2D eigenvalue weighted by molar-refractivity contribution is 14.0. The Morgan fingerprint density at radius 2 is 2.08 bits per heavy atom. The minimum absolute atomic E-state index is 0. The Kier molecular flexibility index (Phi) is 10.1. The van der Waals surface area contributed by atoms with Crippen LogP contribution in [0.4, 0.5) is 4.39 Å². The van der Waals surface area contributed by atoms with Crippen LogP contribution in [-0.4, -0.2) is 56.2 Å². The summed E-state index contributed by atoms with van der Waals surface area (Å²) in [5.74, 6) is 1.05. The fraction of sp³-hybridized carbons (Fsp3) is 0.611. The third kappa shape index (κ3) is 7.77. The molecular weight excluding hydrogens is 434 g/mol. The summed E-state index contributed by atoms with van der Waals surface area (Å²) in [7, 11) is 1.77. The summed E-state index contributed by atoms with van der Waals surface area (Å²) in [5, 5.41) is 6.71. The van der Waals surface area contributed by atoms with E-state index in [1.807, 2.05) is 0 Å². The van der Waals surface area contributed by atoms with E-state index < -0.39 is 0 Å². The van der Waals surface area contributed by atoms with E-state index in [1.165, 1.54) is 12.1 Å². The van der Waals surface area contributed by atoms with Crippen LogP contribution < -0.4 is 15.4 Å². The number of rotatable bonds is 6.